The third kappa shape index (κ3) is 2.51. The smallest absolute Gasteiger partial charge is 0.0712 e. The van der Waals surface area contributed by atoms with E-state index in [-0.39, 0.29) is 6.04 Å². The molecule has 1 heterocycles. The van der Waals surface area contributed by atoms with Crippen molar-refractivity contribution in [3.63, 3.8) is 0 Å². The van der Waals surface area contributed by atoms with Gasteiger partial charge in [-0.2, -0.15) is 0 Å². The fourth-order valence-corrected chi connectivity index (χ4v) is 1.48. The zero-order valence-corrected chi connectivity index (χ0v) is 7.93. The van der Waals surface area contributed by atoms with Gasteiger partial charge in [-0.25, -0.2) is 0 Å². The largest absolute Gasteiger partial charge is 0.315 e. The standard InChI is InChI=1S/C10H18N2/c1-4-10(8(2)3)12-9-5-6-11-7-9/h1,8-12H,5-7H2,2-3H3. The van der Waals surface area contributed by atoms with Crippen molar-refractivity contribution in [2.45, 2.75) is 32.4 Å². The van der Waals surface area contributed by atoms with Crippen molar-refractivity contribution >= 4 is 0 Å². The summed E-state index contributed by atoms with van der Waals surface area (Å²) in [6.45, 7) is 6.48. The predicted octanol–water partition coefficient (Wildman–Crippen LogP) is 0.596. The first kappa shape index (κ1) is 9.57. The van der Waals surface area contributed by atoms with E-state index in [2.05, 4.69) is 30.4 Å². The van der Waals surface area contributed by atoms with Crippen LogP contribution in [0.1, 0.15) is 20.3 Å². The molecular weight excluding hydrogens is 148 g/mol. The second-order valence-electron chi connectivity index (χ2n) is 3.74. The highest BCUT2D eigenvalue weighted by molar-refractivity contribution is 5.02. The molecule has 0 saturated carbocycles. The van der Waals surface area contributed by atoms with Gasteiger partial charge in [0.25, 0.3) is 0 Å². The number of hydrogen-bond acceptors (Lipinski definition) is 2. The Bertz CT molecular complexity index is 163. The van der Waals surface area contributed by atoms with Gasteiger partial charge in [0.05, 0.1) is 6.04 Å². The zero-order chi connectivity index (χ0) is 8.97. The van der Waals surface area contributed by atoms with E-state index in [0.29, 0.717) is 12.0 Å². The minimum Gasteiger partial charge on any atom is -0.315 e. The van der Waals surface area contributed by atoms with Crippen molar-refractivity contribution in [1.29, 1.82) is 0 Å². The van der Waals surface area contributed by atoms with Crippen molar-refractivity contribution in [2.75, 3.05) is 13.1 Å². The summed E-state index contributed by atoms with van der Waals surface area (Å²) in [5.74, 6) is 3.31. The maximum Gasteiger partial charge on any atom is 0.0712 e. The molecular formula is C10H18N2. The molecule has 0 amide bonds. The third-order valence-corrected chi connectivity index (χ3v) is 2.32. The van der Waals surface area contributed by atoms with Gasteiger partial charge >= 0.3 is 0 Å². The Hall–Kier alpha value is -0.520. The lowest BCUT2D eigenvalue weighted by Gasteiger charge is -2.20. The van der Waals surface area contributed by atoms with E-state index in [1.807, 2.05) is 0 Å². The van der Waals surface area contributed by atoms with E-state index in [4.69, 9.17) is 6.42 Å². The molecule has 68 valence electrons. The summed E-state index contributed by atoms with van der Waals surface area (Å²) in [5.41, 5.74) is 0. The molecule has 1 rings (SSSR count). The van der Waals surface area contributed by atoms with Crippen molar-refractivity contribution in [3.8, 4) is 12.3 Å². The molecule has 0 bridgehead atoms. The van der Waals surface area contributed by atoms with Crippen molar-refractivity contribution in [2.24, 2.45) is 5.92 Å². The summed E-state index contributed by atoms with van der Waals surface area (Å²) in [7, 11) is 0. The Labute approximate surface area is 75.1 Å². The molecule has 2 N–H and O–H groups in total. The molecule has 12 heavy (non-hydrogen) atoms. The van der Waals surface area contributed by atoms with E-state index in [0.717, 1.165) is 13.1 Å². The van der Waals surface area contributed by atoms with Crippen molar-refractivity contribution in [3.05, 3.63) is 0 Å². The van der Waals surface area contributed by atoms with Gasteiger partial charge in [0.1, 0.15) is 0 Å². The Balaban J connectivity index is 2.32. The van der Waals surface area contributed by atoms with Crippen LogP contribution in [-0.4, -0.2) is 25.2 Å². The lowest BCUT2D eigenvalue weighted by atomic mass is 10.0. The molecule has 0 aromatic carbocycles. The molecule has 1 saturated heterocycles. The summed E-state index contributed by atoms with van der Waals surface area (Å²) in [4.78, 5) is 0. The SMILES string of the molecule is C#CC(NC1CCNC1)C(C)C. The van der Waals surface area contributed by atoms with E-state index in [9.17, 15) is 0 Å². The zero-order valence-electron chi connectivity index (χ0n) is 7.93. The van der Waals surface area contributed by atoms with E-state index >= 15 is 0 Å². The van der Waals surface area contributed by atoms with Gasteiger partial charge in [-0.1, -0.05) is 19.8 Å². The monoisotopic (exact) mass is 166 g/mol. The molecule has 0 spiro atoms. The molecule has 2 heteroatoms. The molecule has 1 aliphatic rings. The van der Waals surface area contributed by atoms with Gasteiger partial charge in [0.15, 0.2) is 0 Å². The predicted molar refractivity (Wildman–Crippen MR) is 51.9 cm³/mol. The van der Waals surface area contributed by atoms with Crippen molar-refractivity contribution in [1.82, 2.24) is 10.6 Å². The Kier molecular flexibility index (Phi) is 3.58. The van der Waals surface area contributed by atoms with Gasteiger partial charge in [-0.15, -0.1) is 6.42 Å². The van der Waals surface area contributed by atoms with Gasteiger partial charge in [0.2, 0.25) is 0 Å². The molecule has 2 nitrogen and oxygen atoms in total. The molecule has 1 aliphatic heterocycles. The van der Waals surface area contributed by atoms with Gasteiger partial charge < -0.3 is 5.32 Å². The van der Waals surface area contributed by atoms with Crippen LogP contribution in [0, 0.1) is 18.3 Å². The fourth-order valence-electron chi connectivity index (χ4n) is 1.48. The van der Waals surface area contributed by atoms with E-state index in [1.54, 1.807) is 0 Å². The average Bonchev–Trinajstić information content (AvgIpc) is 2.51. The van der Waals surface area contributed by atoms with Crippen LogP contribution in [0.4, 0.5) is 0 Å². The maximum atomic E-state index is 5.42. The summed E-state index contributed by atoms with van der Waals surface area (Å²) < 4.78 is 0. The number of hydrogen-bond donors (Lipinski definition) is 2. The maximum absolute atomic E-state index is 5.42. The first-order chi connectivity index (χ1) is 5.74. The van der Waals surface area contributed by atoms with Crippen LogP contribution >= 0.6 is 0 Å². The van der Waals surface area contributed by atoms with Crippen LogP contribution in [0.5, 0.6) is 0 Å². The summed E-state index contributed by atoms with van der Waals surface area (Å²) in [6, 6.07) is 0.809. The molecule has 1 fully saturated rings. The quantitative estimate of drug-likeness (QED) is 0.600. The number of terminal acetylenes is 1. The van der Waals surface area contributed by atoms with Crippen LogP contribution in [0.15, 0.2) is 0 Å². The summed E-state index contributed by atoms with van der Waals surface area (Å²) in [6.07, 6.45) is 6.62. The molecule has 0 radical (unpaired) electrons. The van der Waals surface area contributed by atoms with Crippen LogP contribution in [0.25, 0.3) is 0 Å². The van der Waals surface area contributed by atoms with Crippen LogP contribution in [0.3, 0.4) is 0 Å². The first-order valence-electron chi connectivity index (χ1n) is 4.67. The number of nitrogens with one attached hydrogen (secondary N) is 2. The highest BCUT2D eigenvalue weighted by atomic mass is 15.0. The minimum absolute atomic E-state index is 0.231. The lowest BCUT2D eigenvalue weighted by molar-refractivity contribution is 0.423. The van der Waals surface area contributed by atoms with Gasteiger partial charge in [-0.05, 0) is 18.9 Å². The van der Waals surface area contributed by atoms with Crippen LogP contribution in [0.2, 0.25) is 0 Å². The molecule has 0 aromatic heterocycles. The molecule has 0 aromatic rings. The molecule has 2 unspecified atom stereocenters. The summed E-state index contributed by atoms with van der Waals surface area (Å²) in [5, 5.41) is 6.78. The van der Waals surface area contributed by atoms with Gasteiger partial charge in [0, 0.05) is 12.6 Å². The normalized spacial score (nSPS) is 25.7. The second-order valence-corrected chi connectivity index (χ2v) is 3.74. The molecule has 0 aliphatic carbocycles. The Morgan fingerprint density at radius 3 is 2.75 bits per heavy atom. The van der Waals surface area contributed by atoms with Crippen molar-refractivity contribution < 1.29 is 0 Å². The highest BCUT2D eigenvalue weighted by Crippen LogP contribution is 2.04. The average molecular weight is 166 g/mol. The minimum atomic E-state index is 0.231. The van der Waals surface area contributed by atoms with E-state index < -0.39 is 0 Å². The molecule has 2 atom stereocenters. The lowest BCUT2D eigenvalue weighted by Crippen LogP contribution is -2.41. The Morgan fingerprint density at radius 1 is 1.58 bits per heavy atom. The fraction of sp³-hybridized carbons (Fsp3) is 0.800. The highest BCUT2D eigenvalue weighted by Gasteiger charge is 2.18. The third-order valence-electron chi connectivity index (χ3n) is 2.32. The second kappa shape index (κ2) is 4.49. The summed E-state index contributed by atoms with van der Waals surface area (Å²) >= 11 is 0. The van der Waals surface area contributed by atoms with Crippen LogP contribution in [-0.2, 0) is 0 Å². The van der Waals surface area contributed by atoms with E-state index in [1.165, 1.54) is 6.42 Å². The topological polar surface area (TPSA) is 24.1 Å². The Morgan fingerprint density at radius 2 is 2.33 bits per heavy atom. The van der Waals surface area contributed by atoms with Gasteiger partial charge in [-0.3, -0.25) is 5.32 Å². The first-order valence-corrected chi connectivity index (χ1v) is 4.67. The number of rotatable bonds is 3. The van der Waals surface area contributed by atoms with Crippen LogP contribution < -0.4 is 10.6 Å².